The fourth-order valence-corrected chi connectivity index (χ4v) is 5.67. The van der Waals surface area contributed by atoms with E-state index < -0.39 is 23.5 Å². The highest BCUT2D eigenvalue weighted by atomic mass is 19.4. The van der Waals surface area contributed by atoms with Crippen LogP contribution in [0.15, 0.2) is 207 Å². The zero-order valence-corrected chi connectivity index (χ0v) is 36.6. The summed E-state index contributed by atoms with van der Waals surface area (Å²) < 4.78 is 72.4. The minimum Gasteiger partial charge on any atom is -0.399 e. The van der Waals surface area contributed by atoms with Gasteiger partial charge >= 0.3 is 12.4 Å². The summed E-state index contributed by atoms with van der Waals surface area (Å²) in [6, 6.07) is 59.0. The molecule has 8 aromatic rings. The van der Waals surface area contributed by atoms with Gasteiger partial charge in [0, 0.05) is 11.4 Å². The molecule has 0 aliphatic rings. The molecule has 0 bridgehead atoms. The molecule has 0 radical (unpaired) electrons. The second kappa shape index (κ2) is 25.8. The van der Waals surface area contributed by atoms with Crippen molar-refractivity contribution in [1.29, 1.82) is 0 Å². The lowest BCUT2D eigenvalue weighted by atomic mass is 9.99. The normalized spacial score (nSPS) is 10.6. The molecule has 0 aliphatic carbocycles. The van der Waals surface area contributed by atoms with E-state index in [-0.39, 0.29) is 5.92 Å². The van der Waals surface area contributed by atoms with Gasteiger partial charge in [-0.25, -0.2) is 0 Å². The highest BCUT2D eigenvalue weighted by molar-refractivity contribution is 5.84. The number of benzene rings is 8. The fraction of sp³-hybridized carbons (Fsp3) is 0.143. The van der Waals surface area contributed by atoms with Gasteiger partial charge in [0.15, 0.2) is 0 Å². The highest BCUT2D eigenvalue weighted by Gasteiger charge is 2.30. The Morgan fingerprint density at radius 1 is 0.375 bits per heavy atom. The second-order valence-corrected chi connectivity index (χ2v) is 15.0. The van der Waals surface area contributed by atoms with Gasteiger partial charge < -0.3 is 11.5 Å². The Kier molecular flexibility index (Phi) is 20.7. The molecule has 4 N–H and O–H groups in total. The van der Waals surface area contributed by atoms with Crippen LogP contribution >= 0.6 is 0 Å². The fourth-order valence-electron chi connectivity index (χ4n) is 5.67. The number of fused-ring (bicyclic) bond motifs is 2. The molecule has 332 valence electrons. The van der Waals surface area contributed by atoms with E-state index in [0.717, 1.165) is 41.2 Å². The van der Waals surface area contributed by atoms with Crippen molar-refractivity contribution in [1.82, 2.24) is 0 Å². The zero-order valence-electron chi connectivity index (χ0n) is 36.6. The van der Waals surface area contributed by atoms with Gasteiger partial charge in [0.25, 0.3) is 0 Å². The number of alkyl halides is 6. The summed E-state index contributed by atoms with van der Waals surface area (Å²) in [7, 11) is 0. The van der Waals surface area contributed by atoms with Crippen molar-refractivity contribution in [2.24, 2.45) is 0 Å². The Labute approximate surface area is 374 Å². The largest absolute Gasteiger partial charge is 0.416 e. The van der Waals surface area contributed by atoms with Crippen LogP contribution < -0.4 is 11.5 Å². The van der Waals surface area contributed by atoms with Crippen LogP contribution in [0.4, 0.5) is 37.7 Å². The van der Waals surface area contributed by atoms with Crippen molar-refractivity contribution in [2.45, 2.75) is 51.9 Å². The van der Waals surface area contributed by atoms with Crippen LogP contribution in [-0.2, 0) is 12.4 Å². The van der Waals surface area contributed by atoms with Crippen molar-refractivity contribution in [3.63, 3.8) is 0 Å². The summed E-state index contributed by atoms with van der Waals surface area (Å²) in [5, 5.41) is 5.22. The highest BCUT2D eigenvalue weighted by Crippen LogP contribution is 2.31. The molecular formula is C56H56F6N2. The van der Waals surface area contributed by atoms with Crippen LogP contribution in [0.25, 0.3) is 33.7 Å². The molecule has 0 aromatic heterocycles. The Hall–Kier alpha value is -7.06. The molecule has 0 unspecified atom stereocenters. The lowest BCUT2D eigenvalue weighted by Gasteiger charge is -2.09. The number of para-hydroxylation sites is 2. The van der Waals surface area contributed by atoms with Gasteiger partial charge in [-0.05, 0) is 110 Å². The molecule has 0 spiro atoms. The summed E-state index contributed by atoms with van der Waals surface area (Å²) in [4.78, 5) is 0. The quantitative estimate of drug-likeness (QED) is 0.137. The van der Waals surface area contributed by atoms with E-state index >= 15 is 0 Å². The lowest BCUT2D eigenvalue weighted by molar-refractivity contribution is -0.138. The Balaban J connectivity index is 0.000000207. The average molecular weight is 871 g/mol. The first-order valence-corrected chi connectivity index (χ1v) is 20.6. The molecule has 0 amide bonds. The molecule has 0 saturated heterocycles. The first kappa shape index (κ1) is 51.3. The van der Waals surface area contributed by atoms with Crippen LogP contribution in [0.5, 0.6) is 0 Å². The molecule has 0 heterocycles. The number of halogens is 6. The van der Waals surface area contributed by atoms with Crippen LogP contribution in [0.1, 0.15) is 72.9 Å². The molecule has 0 fully saturated rings. The second-order valence-electron chi connectivity index (χ2n) is 15.0. The van der Waals surface area contributed by atoms with Gasteiger partial charge in [0.1, 0.15) is 0 Å². The van der Waals surface area contributed by atoms with Crippen molar-refractivity contribution in [3.8, 4) is 0 Å². The molecule has 2 nitrogen and oxygen atoms in total. The van der Waals surface area contributed by atoms with Crippen molar-refractivity contribution in [3.05, 3.63) is 241 Å². The molecule has 0 atom stereocenters. The minimum atomic E-state index is -4.25. The summed E-state index contributed by atoms with van der Waals surface area (Å²) in [6.07, 6.45) is -5.11. The van der Waals surface area contributed by atoms with Gasteiger partial charge in [-0.2, -0.15) is 26.3 Å². The Bertz CT molecular complexity index is 2520. The van der Waals surface area contributed by atoms with Gasteiger partial charge in [-0.3, -0.25) is 0 Å². The standard InChI is InChI=1S/C13H14.C12H10.C10H11F3.C9H7F3.2C6H7N/c1-10(2)12-8-7-11-5-3-4-6-13(11)9-12;1-2-10-7-8-11-5-3-4-6-12(11)9-10;1-7(2)8-3-5-9(6-4-8)10(11,12)13;1-2-7-3-5-8(6-4-7)9(10,11)12;2*7-6-4-2-1-3-5-6/h3-10H,1-2H3;2-9H,1H2;3-7H,1-2H3;2-6H,1H2;2*1-5H,7H2. The lowest BCUT2D eigenvalue weighted by Crippen LogP contribution is -2.04. The van der Waals surface area contributed by atoms with Crippen LogP contribution in [-0.4, -0.2) is 0 Å². The van der Waals surface area contributed by atoms with Gasteiger partial charge in [-0.15, -0.1) is 0 Å². The molecule has 8 aromatic carbocycles. The van der Waals surface area contributed by atoms with E-state index in [1.807, 2.05) is 80.6 Å². The molecular weight excluding hydrogens is 815 g/mol. The molecule has 8 heteroatoms. The third-order valence-electron chi connectivity index (χ3n) is 9.43. The third kappa shape index (κ3) is 18.5. The van der Waals surface area contributed by atoms with Crippen molar-refractivity contribution in [2.75, 3.05) is 11.5 Å². The third-order valence-corrected chi connectivity index (χ3v) is 9.43. The summed E-state index contributed by atoms with van der Waals surface area (Å²) in [5.74, 6) is 0.881. The summed E-state index contributed by atoms with van der Waals surface area (Å²) >= 11 is 0. The predicted octanol–water partition coefficient (Wildman–Crippen LogP) is 17.2. The molecule has 8 rings (SSSR count). The Morgan fingerprint density at radius 3 is 1.06 bits per heavy atom. The molecule has 64 heavy (non-hydrogen) atoms. The molecule has 0 saturated carbocycles. The SMILES string of the molecule is C=Cc1ccc(C(F)(F)F)cc1.C=Cc1ccc2ccccc2c1.CC(C)c1ccc(C(F)(F)F)cc1.CC(C)c1ccc2ccccc2c1.Nc1ccccc1.Nc1ccccc1. The number of rotatable bonds is 4. The predicted molar refractivity (Wildman–Crippen MR) is 261 cm³/mol. The van der Waals surface area contributed by atoms with Crippen LogP contribution in [0, 0.1) is 0 Å². The zero-order chi connectivity index (χ0) is 47.1. The monoisotopic (exact) mass is 870 g/mol. The van der Waals surface area contributed by atoms with Gasteiger partial charge in [-0.1, -0.05) is 193 Å². The van der Waals surface area contributed by atoms with Gasteiger partial charge in [0.05, 0.1) is 11.1 Å². The van der Waals surface area contributed by atoms with Gasteiger partial charge in [0.2, 0.25) is 0 Å². The number of hydrogen-bond donors (Lipinski definition) is 2. The maximum atomic E-state index is 12.1. The number of hydrogen-bond acceptors (Lipinski definition) is 2. The number of anilines is 2. The van der Waals surface area contributed by atoms with E-state index in [4.69, 9.17) is 11.5 Å². The van der Waals surface area contributed by atoms with E-state index in [1.54, 1.807) is 0 Å². The van der Waals surface area contributed by atoms with Crippen LogP contribution in [0.2, 0.25) is 0 Å². The number of nitrogen functional groups attached to an aromatic ring is 2. The smallest absolute Gasteiger partial charge is 0.399 e. The number of nitrogens with two attached hydrogens (primary N) is 2. The maximum absolute atomic E-state index is 12.1. The average Bonchev–Trinajstić information content (AvgIpc) is 3.29. The van der Waals surface area contributed by atoms with Crippen LogP contribution in [0.3, 0.4) is 0 Å². The van der Waals surface area contributed by atoms with Crippen molar-refractivity contribution >= 4 is 45.1 Å². The summed E-state index contributed by atoms with van der Waals surface area (Å²) in [5.41, 5.74) is 15.3. The maximum Gasteiger partial charge on any atom is 0.416 e. The Morgan fingerprint density at radius 2 is 0.703 bits per heavy atom. The first-order valence-electron chi connectivity index (χ1n) is 20.6. The van der Waals surface area contributed by atoms with E-state index in [9.17, 15) is 26.3 Å². The van der Waals surface area contributed by atoms with Crippen molar-refractivity contribution < 1.29 is 26.3 Å². The topological polar surface area (TPSA) is 52.0 Å². The van der Waals surface area contributed by atoms with E-state index in [2.05, 4.69) is 112 Å². The first-order chi connectivity index (χ1) is 30.4. The van der Waals surface area contributed by atoms with E-state index in [0.29, 0.717) is 11.5 Å². The minimum absolute atomic E-state index is 0.266. The van der Waals surface area contributed by atoms with E-state index in [1.165, 1.54) is 63.0 Å². The molecule has 0 aliphatic heterocycles. The summed E-state index contributed by atoms with van der Waals surface area (Å²) in [6.45, 7) is 15.5.